The molecule has 14 heavy (non-hydrogen) atoms. The average Bonchev–Trinajstić information content (AvgIpc) is 2.84. The predicted octanol–water partition coefficient (Wildman–Crippen LogP) is 0.865. The van der Waals surface area contributed by atoms with Crippen molar-refractivity contribution < 1.29 is 13.5 Å². The molecule has 1 aliphatic carbocycles. The zero-order chi connectivity index (χ0) is 10.3. The number of aryl methyl sites for hydroxylation is 1. The molecule has 1 aromatic heterocycles. The molecule has 0 radical (unpaired) electrons. The number of nitrogens with zero attached hydrogens (tertiary/aromatic N) is 2. The van der Waals surface area contributed by atoms with E-state index in [4.69, 9.17) is 9.29 Å². The number of rotatable bonds is 3. The third-order valence-electron chi connectivity index (χ3n) is 2.51. The first-order valence-corrected chi connectivity index (χ1v) is 5.42. The van der Waals surface area contributed by atoms with Crippen LogP contribution in [0.3, 0.4) is 0 Å². The van der Waals surface area contributed by atoms with Crippen molar-refractivity contribution in [2.24, 2.45) is 0 Å². The molecular formula is C8H12N2O3S. The summed E-state index contributed by atoms with van der Waals surface area (Å²) in [7, 11) is 1.59. The van der Waals surface area contributed by atoms with Crippen LogP contribution in [0.2, 0.25) is 0 Å². The number of methoxy groups -OCH3 is 1. The Hall–Kier alpha value is -0.720. The van der Waals surface area contributed by atoms with Crippen LogP contribution < -0.4 is 0 Å². The van der Waals surface area contributed by atoms with E-state index in [1.54, 1.807) is 20.2 Å². The van der Waals surface area contributed by atoms with Gasteiger partial charge in [-0.3, -0.25) is 0 Å². The normalized spacial score (nSPS) is 20.8. The van der Waals surface area contributed by atoms with Gasteiger partial charge in [-0.05, 0) is 6.92 Å². The minimum absolute atomic E-state index is 0.337. The first kappa shape index (κ1) is 9.82. The number of aromatic nitrogens is 2. The van der Waals surface area contributed by atoms with Crippen molar-refractivity contribution in [2.45, 2.75) is 30.5 Å². The summed E-state index contributed by atoms with van der Waals surface area (Å²) >= 11 is -2.01. The van der Waals surface area contributed by atoms with Crippen LogP contribution in [-0.2, 0) is 21.5 Å². The van der Waals surface area contributed by atoms with Crippen molar-refractivity contribution in [3.05, 3.63) is 11.8 Å². The van der Waals surface area contributed by atoms with E-state index in [0.717, 1.165) is 12.8 Å². The van der Waals surface area contributed by atoms with Crippen LogP contribution in [0.1, 0.15) is 18.4 Å². The lowest BCUT2D eigenvalue weighted by Crippen LogP contribution is -2.23. The zero-order valence-corrected chi connectivity index (χ0v) is 8.87. The molecule has 1 aromatic rings. The summed E-state index contributed by atoms with van der Waals surface area (Å²) in [5.41, 5.74) is 0.247. The molecule has 1 heterocycles. The smallest absolute Gasteiger partial charge is 0.205 e. The standard InChI is InChI=1S/C8H12N2O3S/c1-6-5-9-10(7(6)14(11)12)8(13-2)3-4-8/h5H,3-4H2,1-2H3,(H,11,12). The van der Waals surface area contributed by atoms with E-state index in [1.165, 1.54) is 4.68 Å². The molecular weight excluding hydrogens is 204 g/mol. The van der Waals surface area contributed by atoms with E-state index in [-0.39, 0.29) is 0 Å². The molecule has 0 amide bonds. The fourth-order valence-corrected chi connectivity index (χ4v) is 2.22. The van der Waals surface area contributed by atoms with Gasteiger partial charge in [0.15, 0.2) is 10.8 Å². The average molecular weight is 216 g/mol. The Bertz CT molecular complexity index is 384. The second-order valence-corrected chi connectivity index (χ2v) is 4.33. The molecule has 78 valence electrons. The Morgan fingerprint density at radius 3 is 2.79 bits per heavy atom. The van der Waals surface area contributed by atoms with Gasteiger partial charge in [0, 0.05) is 25.5 Å². The lowest BCUT2D eigenvalue weighted by Gasteiger charge is -2.15. The molecule has 0 spiro atoms. The van der Waals surface area contributed by atoms with Gasteiger partial charge in [0.1, 0.15) is 0 Å². The third kappa shape index (κ3) is 1.30. The first-order chi connectivity index (χ1) is 6.60. The predicted molar refractivity (Wildman–Crippen MR) is 50.2 cm³/mol. The molecule has 0 saturated heterocycles. The van der Waals surface area contributed by atoms with Gasteiger partial charge in [-0.1, -0.05) is 0 Å². The van der Waals surface area contributed by atoms with Gasteiger partial charge in [0.2, 0.25) is 11.1 Å². The summed E-state index contributed by atoms with van der Waals surface area (Å²) in [6, 6.07) is 0. The Morgan fingerprint density at radius 1 is 1.71 bits per heavy atom. The Labute approximate surface area is 84.3 Å². The molecule has 5 nitrogen and oxygen atoms in total. The van der Waals surface area contributed by atoms with Crippen LogP contribution >= 0.6 is 0 Å². The van der Waals surface area contributed by atoms with Gasteiger partial charge < -0.3 is 9.29 Å². The quantitative estimate of drug-likeness (QED) is 0.761. The molecule has 0 bridgehead atoms. The summed E-state index contributed by atoms with van der Waals surface area (Å²) in [5.74, 6) is 0. The Kier molecular flexibility index (Phi) is 2.21. The summed E-state index contributed by atoms with van der Waals surface area (Å²) in [5, 5.41) is 4.42. The van der Waals surface area contributed by atoms with Crippen LogP contribution in [0, 0.1) is 6.92 Å². The van der Waals surface area contributed by atoms with Crippen LogP contribution in [0.4, 0.5) is 0 Å². The molecule has 0 aliphatic heterocycles. The van der Waals surface area contributed by atoms with Crippen molar-refractivity contribution in [2.75, 3.05) is 7.11 Å². The molecule has 1 saturated carbocycles. The maximum atomic E-state index is 11.1. The number of ether oxygens (including phenoxy) is 1. The maximum Gasteiger partial charge on any atom is 0.205 e. The monoisotopic (exact) mass is 216 g/mol. The highest BCUT2D eigenvalue weighted by atomic mass is 32.2. The van der Waals surface area contributed by atoms with Crippen LogP contribution in [0.25, 0.3) is 0 Å². The molecule has 1 fully saturated rings. The van der Waals surface area contributed by atoms with E-state index >= 15 is 0 Å². The second kappa shape index (κ2) is 3.15. The van der Waals surface area contributed by atoms with Crippen molar-refractivity contribution in [1.82, 2.24) is 9.78 Å². The fourth-order valence-electron chi connectivity index (χ4n) is 1.53. The highest BCUT2D eigenvalue weighted by molar-refractivity contribution is 7.79. The lowest BCUT2D eigenvalue weighted by molar-refractivity contribution is -0.00167. The number of hydrogen-bond donors (Lipinski definition) is 1. The van der Waals surface area contributed by atoms with Crippen LogP contribution in [0.15, 0.2) is 11.2 Å². The highest BCUT2D eigenvalue weighted by Crippen LogP contribution is 2.45. The summed E-state index contributed by atoms with van der Waals surface area (Å²) < 4.78 is 27.0. The molecule has 0 aromatic carbocycles. The highest BCUT2D eigenvalue weighted by Gasteiger charge is 2.48. The van der Waals surface area contributed by atoms with E-state index < -0.39 is 16.8 Å². The van der Waals surface area contributed by atoms with E-state index in [1.807, 2.05) is 0 Å². The minimum atomic E-state index is -2.01. The Morgan fingerprint density at radius 2 is 2.36 bits per heavy atom. The Balaban J connectivity index is 2.48. The van der Waals surface area contributed by atoms with Crippen molar-refractivity contribution in [1.29, 1.82) is 0 Å². The van der Waals surface area contributed by atoms with Gasteiger partial charge in [0.25, 0.3) is 0 Å². The minimum Gasteiger partial charge on any atom is -0.357 e. The molecule has 1 N–H and O–H groups in total. The molecule has 1 unspecified atom stereocenters. The fraction of sp³-hybridized carbons (Fsp3) is 0.625. The van der Waals surface area contributed by atoms with Crippen LogP contribution in [-0.4, -0.2) is 25.7 Å². The van der Waals surface area contributed by atoms with Gasteiger partial charge in [-0.15, -0.1) is 0 Å². The molecule has 1 atom stereocenters. The summed E-state index contributed by atoms with van der Waals surface area (Å²) in [4.78, 5) is 0. The second-order valence-electron chi connectivity index (χ2n) is 3.44. The SMILES string of the molecule is COC1(n2ncc(C)c2S(=O)O)CC1. The van der Waals surface area contributed by atoms with Gasteiger partial charge in [0.05, 0.1) is 6.20 Å². The summed E-state index contributed by atoms with van der Waals surface area (Å²) in [6.07, 6.45) is 3.27. The van der Waals surface area contributed by atoms with E-state index in [9.17, 15) is 4.21 Å². The van der Waals surface area contributed by atoms with Gasteiger partial charge in [-0.2, -0.15) is 5.10 Å². The van der Waals surface area contributed by atoms with Crippen LogP contribution in [0.5, 0.6) is 0 Å². The summed E-state index contributed by atoms with van der Waals surface area (Å²) in [6.45, 7) is 1.76. The zero-order valence-electron chi connectivity index (χ0n) is 8.06. The van der Waals surface area contributed by atoms with E-state index in [0.29, 0.717) is 10.6 Å². The molecule has 6 heteroatoms. The molecule has 2 rings (SSSR count). The van der Waals surface area contributed by atoms with Crippen molar-refractivity contribution in [3.8, 4) is 0 Å². The number of hydrogen-bond acceptors (Lipinski definition) is 3. The largest absolute Gasteiger partial charge is 0.357 e. The maximum absolute atomic E-state index is 11.1. The molecule has 1 aliphatic rings. The lowest BCUT2D eigenvalue weighted by atomic mass is 10.4. The van der Waals surface area contributed by atoms with E-state index in [2.05, 4.69) is 5.10 Å². The van der Waals surface area contributed by atoms with Crippen molar-refractivity contribution in [3.63, 3.8) is 0 Å². The van der Waals surface area contributed by atoms with Gasteiger partial charge >= 0.3 is 0 Å². The topological polar surface area (TPSA) is 64.4 Å². The first-order valence-electron chi connectivity index (χ1n) is 4.32. The third-order valence-corrected chi connectivity index (χ3v) is 3.33. The van der Waals surface area contributed by atoms with Gasteiger partial charge in [-0.25, -0.2) is 8.89 Å². The van der Waals surface area contributed by atoms with Crippen molar-refractivity contribution >= 4 is 11.1 Å².